The fraction of sp³-hybridized carbons (Fsp3) is 0.311. The lowest BCUT2D eigenvalue weighted by Crippen LogP contribution is -2.27. The van der Waals surface area contributed by atoms with Crippen LogP contribution in [0.4, 0.5) is 0 Å². The van der Waals surface area contributed by atoms with Gasteiger partial charge in [0, 0.05) is 35.3 Å². The Balaban J connectivity index is 1.83. The number of aryl methyl sites for hydroxylation is 6. The summed E-state index contributed by atoms with van der Waals surface area (Å²) in [7, 11) is 5.54. The second-order valence-corrected chi connectivity index (χ2v) is 16.3. The van der Waals surface area contributed by atoms with Gasteiger partial charge in [0.05, 0.1) is 28.4 Å². The highest BCUT2D eigenvalue weighted by molar-refractivity contribution is 7.67. The number of rotatable bonds is 9. The SMILES string of the molecule is COc1cccc(OC)c1C1CC(=O)CC(c2c(OC)cccc2OC)P1c1c(-c2c(C)cc(C)cc2C)cccc1-c1c(C)cc(C)cc1C. The Morgan fingerprint density at radius 2 is 0.824 bits per heavy atom. The molecule has 6 heteroatoms. The molecular formula is C45H49O5P. The van der Waals surface area contributed by atoms with Gasteiger partial charge in [-0.1, -0.05) is 73.6 Å². The van der Waals surface area contributed by atoms with Crippen LogP contribution < -0.4 is 24.3 Å². The number of ether oxygens (including phenoxy) is 4. The van der Waals surface area contributed by atoms with E-state index in [-0.39, 0.29) is 17.1 Å². The summed E-state index contributed by atoms with van der Waals surface area (Å²) in [5.74, 6) is 3.07. The van der Waals surface area contributed by atoms with Gasteiger partial charge in [0.15, 0.2) is 0 Å². The molecule has 0 bridgehead atoms. The fourth-order valence-electron chi connectivity index (χ4n) is 8.57. The van der Waals surface area contributed by atoms with E-state index in [2.05, 4.69) is 84.0 Å². The molecule has 51 heavy (non-hydrogen) atoms. The van der Waals surface area contributed by atoms with E-state index < -0.39 is 7.92 Å². The van der Waals surface area contributed by atoms with Crippen molar-refractivity contribution < 1.29 is 23.7 Å². The van der Waals surface area contributed by atoms with Crippen molar-refractivity contribution >= 4 is 19.0 Å². The molecule has 0 amide bonds. The summed E-state index contributed by atoms with van der Waals surface area (Å²) in [5.41, 5.74) is 13.6. The fourth-order valence-corrected chi connectivity index (χ4v) is 12.4. The minimum absolute atomic E-state index is 0.189. The Hall–Kier alpha value is -4.60. The quantitative estimate of drug-likeness (QED) is 0.143. The van der Waals surface area contributed by atoms with Crippen LogP contribution in [0.25, 0.3) is 22.3 Å². The van der Waals surface area contributed by atoms with Crippen molar-refractivity contribution in [1.82, 2.24) is 0 Å². The molecule has 2 atom stereocenters. The number of methoxy groups -OCH3 is 4. The summed E-state index contributed by atoms with van der Waals surface area (Å²) in [4.78, 5) is 14.3. The van der Waals surface area contributed by atoms with Crippen molar-refractivity contribution in [3.05, 3.63) is 123 Å². The average molecular weight is 701 g/mol. The molecule has 0 aromatic heterocycles. The third kappa shape index (κ3) is 6.65. The van der Waals surface area contributed by atoms with Gasteiger partial charge in [0.1, 0.15) is 28.8 Å². The van der Waals surface area contributed by atoms with Gasteiger partial charge < -0.3 is 18.9 Å². The first kappa shape index (κ1) is 36.2. The first-order valence-corrected chi connectivity index (χ1v) is 19.0. The zero-order chi connectivity index (χ0) is 36.6. The Morgan fingerprint density at radius 3 is 1.14 bits per heavy atom. The molecular weight excluding hydrogens is 651 g/mol. The number of benzene rings is 5. The van der Waals surface area contributed by atoms with Crippen LogP contribution in [0.5, 0.6) is 23.0 Å². The lowest BCUT2D eigenvalue weighted by Gasteiger charge is -2.42. The van der Waals surface area contributed by atoms with Crippen molar-refractivity contribution in [3.8, 4) is 45.3 Å². The highest BCUT2D eigenvalue weighted by Gasteiger charge is 2.45. The summed E-state index contributed by atoms with van der Waals surface area (Å²) in [6, 6.07) is 27.7. The molecule has 2 unspecified atom stereocenters. The summed E-state index contributed by atoms with van der Waals surface area (Å²) < 4.78 is 24.4. The van der Waals surface area contributed by atoms with Crippen LogP contribution in [0.1, 0.15) is 68.7 Å². The van der Waals surface area contributed by atoms with E-state index in [1.165, 1.54) is 60.9 Å². The number of hydrogen-bond acceptors (Lipinski definition) is 5. The highest BCUT2D eigenvalue weighted by Crippen LogP contribution is 2.71. The lowest BCUT2D eigenvalue weighted by atomic mass is 9.89. The molecule has 1 aliphatic heterocycles. The van der Waals surface area contributed by atoms with Crippen LogP contribution in [0, 0.1) is 41.5 Å². The zero-order valence-electron chi connectivity index (χ0n) is 31.6. The molecule has 264 valence electrons. The summed E-state index contributed by atoms with van der Waals surface area (Å²) >= 11 is 0. The minimum atomic E-state index is -1.26. The van der Waals surface area contributed by atoms with Gasteiger partial charge in [-0.15, -0.1) is 0 Å². The largest absolute Gasteiger partial charge is 0.496 e. The third-order valence-electron chi connectivity index (χ3n) is 10.3. The molecule has 1 aliphatic rings. The Kier molecular flexibility index (Phi) is 10.6. The van der Waals surface area contributed by atoms with Crippen molar-refractivity contribution in [3.63, 3.8) is 0 Å². The molecule has 1 saturated heterocycles. The van der Waals surface area contributed by atoms with Gasteiger partial charge in [-0.3, -0.25) is 4.79 Å². The zero-order valence-corrected chi connectivity index (χ0v) is 32.5. The maximum Gasteiger partial charge on any atom is 0.134 e. The number of hydrogen-bond donors (Lipinski definition) is 0. The summed E-state index contributed by atoms with van der Waals surface area (Å²) in [6.45, 7) is 13.2. The van der Waals surface area contributed by atoms with Crippen LogP contribution in [-0.4, -0.2) is 34.2 Å². The van der Waals surface area contributed by atoms with Crippen molar-refractivity contribution in [2.45, 2.75) is 65.7 Å². The molecule has 1 heterocycles. The van der Waals surface area contributed by atoms with Gasteiger partial charge in [0.25, 0.3) is 0 Å². The Morgan fingerprint density at radius 1 is 0.510 bits per heavy atom. The van der Waals surface area contributed by atoms with Crippen molar-refractivity contribution in [2.24, 2.45) is 0 Å². The Labute approximate surface area is 304 Å². The topological polar surface area (TPSA) is 54.0 Å². The van der Waals surface area contributed by atoms with Gasteiger partial charge in [0.2, 0.25) is 0 Å². The highest BCUT2D eigenvalue weighted by atomic mass is 31.1. The lowest BCUT2D eigenvalue weighted by molar-refractivity contribution is -0.119. The van der Waals surface area contributed by atoms with E-state index in [9.17, 15) is 4.79 Å². The number of carbonyl (C=O) groups excluding carboxylic acids is 1. The molecule has 5 nitrogen and oxygen atoms in total. The van der Waals surface area contributed by atoms with Crippen molar-refractivity contribution in [1.29, 1.82) is 0 Å². The molecule has 1 fully saturated rings. The van der Waals surface area contributed by atoms with Crippen molar-refractivity contribution in [2.75, 3.05) is 28.4 Å². The normalized spacial score (nSPS) is 17.3. The Bertz CT molecular complexity index is 1880. The molecule has 0 aliphatic carbocycles. The average Bonchev–Trinajstić information content (AvgIpc) is 3.10. The monoisotopic (exact) mass is 700 g/mol. The molecule has 0 saturated carbocycles. The van der Waals surface area contributed by atoms with Crippen LogP contribution in [0.3, 0.4) is 0 Å². The molecule has 0 N–H and O–H groups in total. The molecule has 0 radical (unpaired) electrons. The van der Waals surface area contributed by atoms with Crippen LogP contribution >= 0.6 is 7.92 Å². The van der Waals surface area contributed by atoms with E-state index in [0.717, 1.165) is 34.1 Å². The molecule has 0 spiro atoms. The van der Waals surface area contributed by atoms with Crippen LogP contribution in [0.2, 0.25) is 0 Å². The van der Waals surface area contributed by atoms with E-state index in [0.29, 0.717) is 12.8 Å². The first-order chi connectivity index (χ1) is 24.5. The standard InChI is InChI=1S/C45H49O5P/c1-26-20-28(3)41(29(4)21-26)33-14-11-15-34(42-30(5)22-27(2)23-31(42)6)45(33)51-39(43-35(47-7)16-12-17-36(43)48-8)24-32(46)25-40(51)44-37(49-9)18-13-19-38(44)50-10/h11-23,39-40H,24-25H2,1-10H3. The van der Waals surface area contributed by atoms with E-state index in [1.807, 2.05) is 36.4 Å². The number of carbonyl (C=O) groups is 1. The molecule has 6 rings (SSSR count). The number of Topliss-reactive ketones (excluding diaryl/α,β-unsaturated/α-hetero) is 1. The van der Waals surface area contributed by atoms with Gasteiger partial charge in [-0.25, -0.2) is 0 Å². The van der Waals surface area contributed by atoms with Gasteiger partial charge >= 0.3 is 0 Å². The summed E-state index contributed by atoms with van der Waals surface area (Å²) in [5, 5.41) is 1.26. The third-order valence-corrected chi connectivity index (χ3v) is 13.5. The second kappa shape index (κ2) is 14.9. The van der Waals surface area contributed by atoms with E-state index in [4.69, 9.17) is 18.9 Å². The van der Waals surface area contributed by atoms with Gasteiger partial charge in [-0.2, -0.15) is 0 Å². The molecule has 5 aromatic rings. The maximum absolute atomic E-state index is 14.3. The predicted octanol–water partition coefficient (Wildman–Crippen LogP) is 10.9. The van der Waals surface area contributed by atoms with Crippen LogP contribution in [-0.2, 0) is 4.79 Å². The maximum atomic E-state index is 14.3. The predicted molar refractivity (Wildman–Crippen MR) is 211 cm³/mol. The van der Waals surface area contributed by atoms with E-state index in [1.54, 1.807) is 28.4 Å². The molecule has 5 aromatic carbocycles. The number of ketones is 1. The van der Waals surface area contributed by atoms with Gasteiger partial charge in [-0.05, 0) is 116 Å². The smallest absolute Gasteiger partial charge is 0.134 e. The summed E-state index contributed by atoms with van der Waals surface area (Å²) in [6.07, 6.45) is 0.726. The second-order valence-electron chi connectivity index (χ2n) is 13.8. The van der Waals surface area contributed by atoms with Crippen LogP contribution in [0.15, 0.2) is 78.9 Å². The first-order valence-electron chi connectivity index (χ1n) is 17.5. The van der Waals surface area contributed by atoms with E-state index >= 15 is 0 Å². The minimum Gasteiger partial charge on any atom is -0.496 e.